The molecule has 0 aliphatic carbocycles. The Hall–Kier alpha value is -0.790. The lowest BCUT2D eigenvalue weighted by molar-refractivity contribution is -0.146. The number of ether oxygens (including phenoxy) is 1. The molecule has 0 bridgehead atoms. The summed E-state index contributed by atoms with van der Waals surface area (Å²) in [7, 11) is 0. The van der Waals surface area contributed by atoms with E-state index in [9.17, 15) is 4.79 Å². The standard InChI is InChI=1S/C17H32O2/c1-6-9-17(18)19-16(5)13-8-12-15(4)11-7-10-14(2)3/h8,13-16H,6-7,9-12H2,1-5H3. The minimum Gasteiger partial charge on any atom is -0.458 e. The molecular formula is C17H32O2. The molecule has 0 rings (SSSR count). The maximum absolute atomic E-state index is 11.3. The summed E-state index contributed by atoms with van der Waals surface area (Å²) in [4.78, 5) is 11.3. The first-order valence-electron chi connectivity index (χ1n) is 7.81. The zero-order valence-corrected chi connectivity index (χ0v) is 13.4. The van der Waals surface area contributed by atoms with Crippen LogP contribution in [-0.4, -0.2) is 12.1 Å². The number of esters is 1. The molecule has 2 nitrogen and oxygen atoms in total. The van der Waals surface area contributed by atoms with Crippen LogP contribution in [0.4, 0.5) is 0 Å². The van der Waals surface area contributed by atoms with Crippen molar-refractivity contribution in [2.45, 2.75) is 79.2 Å². The van der Waals surface area contributed by atoms with Gasteiger partial charge in [0.1, 0.15) is 6.10 Å². The molecule has 2 heteroatoms. The monoisotopic (exact) mass is 268 g/mol. The first-order valence-corrected chi connectivity index (χ1v) is 7.81. The van der Waals surface area contributed by atoms with Crippen LogP contribution < -0.4 is 0 Å². The van der Waals surface area contributed by atoms with Crippen molar-refractivity contribution in [3.8, 4) is 0 Å². The van der Waals surface area contributed by atoms with Gasteiger partial charge in [0.25, 0.3) is 0 Å². The van der Waals surface area contributed by atoms with E-state index < -0.39 is 0 Å². The number of allylic oxidation sites excluding steroid dienone is 1. The molecule has 0 heterocycles. The molecule has 112 valence electrons. The third-order valence-electron chi connectivity index (χ3n) is 3.20. The Labute approximate surface area is 119 Å². The minimum atomic E-state index is -0.0954. The van der Waals surface area contributed by atoms with Gasteiger partial charge < -0.3 is 4.74 Å². The quantitative estimate of drug-likeness (QED) is 0.405. The summed E-state index contributed by atoms with van der Waals surface area (Å²) in [5, 5.41) is 0. The van der Waals surface area contributed by atoms with E-state index in [1.165, 1.54) is 19.3 Å². The van der Waals surface area contributed by atoms with Crippen LogP contribution in [0.1, 0.15) is 73.1 Å². The molecule has 2 atom stereocenters. The fourth-order valence-electron chi connectivity index (χ4n) is 2.00. The molecule has 0 saturated heterocycles. The largest absolute Gasteiger partial charge is 0.458 e. The molecular weight excluding hydrogens is 236 g/mol. The fraction of sp³-hybridized carbons (Fsp3) is 0.824. The van der Waals surface area contributed by atoms with Gasteiger partial charge in [0, 0.05) is 6.42 Å². The van der Waals surface area contributed by atoms with E-state index in [4.69, 9.17) is 4.74 Å². The number of hydrogen-bond donors (Lipinski definition) is 0. The van der Waals surface area contributed by atoms with Crippen LogP contribution in [0.5, 0.6) is 0 Å². The molecule has 0 amide bonds. The van der Waals surface area contributed by atoms with Crippen LogP contribution in [0, 0.1) is 11.8 Å². The molecule has 0 aromatic carbocycles. The van der Waals surface area contributed by atoms with Crippen molar-refractivity contribution in [1.82, 2.24) is 0 Å². The molecule has 0 aliphatic heterocycles. The smallest absolute Gasteiger partial charge is 0.306 e. The van der Waals surface area contributed by atoms with Crippen molar-refractivity contribution >= 4 is 5.97 Å². The minimum absolute atomic E-state index is 0.0929. The Kier molecular flexibility index (Phi) is 10.6. The molecule has 2 unspecified atom stereocenters. The maximum Gasteiger partial charge on any atom is 0.306 e. The van der Waals surface area contributed by atoms with E-state index in [2.05, 4.69) is 26.8 Å². The number of hydrogen-bond acceptors (Lipinski definition) is 2. The van der Waals surface area contributed by atoms with Crippen molar-refractivity contribution < 1.29 is 9.53 Å². The Bertz CT molecular complexity index is 256. The van der Waals surface area contributed by atoms with Crippen LogP contribution in [0.3, 0.4) is 0 Å². The third-order valence-corrected chi connectivity index (χ3v) is 3.20. The van der Waals surface area contributed by atoms with Gasteiger partial charge in [-0.25, -0.2) is 0 Å². The van der Waals surface area contributed by atoms with Crippen LogP contribution in [0.2, 0.25) is 0 Å². The molecule has 0 spiro atoms. The number of carbonyl (C=O) groups is 1. The van der Waals surface area contributed by atoms with Crippen molar-refractivity contribution in [3.05, 3.63) is 12.2 Å². The summed E-state index contributed by atoms with van der Waals surface area (Å²) >= 11 is 0. The van der Waals surface area contributed by atoms with Gasteiger partial charge in [-0.2, -0.15) is 0 Å². The lowest BCUT2D eigenvalue weighted by atomic mass is 9.97. The van der Waals surface area contributed by atoms with E-state index in [1.807, 2.05) is 19.9 Å². The number of carbonyl (C=O) groups excluding carboxylic acids is 1. The van der Waals surface area contributed by atoms with Gasteiger partial charge in [-0.1, -0.05) is 53.0 Å². The Morgan fingerprint density at radius 2 is 1.84 bits per heavy atom. The van der Waals surface area contributed by atoms with E-state index in [0.29, 0.717) is 12.3 Å². The predicted molar refractivity (Wildman–Crippen MR) is 82.1 cm³/mol. The molecule has 0 aromatic rings. The third kappa shape index (κ3) is 12.0. The average Bonchev–Trinajstić information content (AvgIpc) is 2.28. The van der Waals surface area contributed by atoms with E-state index in [0.717, 1.165) is 18.8 Å². The van der Waals surface area contributed by atoms with E-state index in [-0.39, 0.29) is 12.1 Å². The molecule has 19 heavy (non-hydrogen) atoms. The van der Waals surface area contributed by atoms with Crippen LogP contribution in [0.15, 0.2) is 12.2 Å². The molecule has 0 aliphatic rings. The number of rotatable bonds is 10. The second-order valence-electron chi connectivity index (χ2n) is 6.04. The Balaban J connectivity index is 3.72. The highest BCUT2D eigenvalue weighted by molar-refractivity contribution is 5.69. The van der Waals surface area contributed by atoms with Gasteiger partial charge in [-0.3, -0.25) is 4.79 Å². The highest BCUT2D eigenvalue weighted by Crippen LogP contribution is 2.15. The topological polar surface area (TPSA) is 26.3 Å². The zero-order chi connectivity index (χ0) is 14.7. The first-order chi connectivity index (χ1) is 8.95. The van der Waals surface area contributed by atoms with Gasteiger partial charge in [0.15, 0.2) is 0 Å². The van der Waals surface area contributed by atoms with Gasteiger partial charge in [-0.15, -0.1) is 0 Å². The van der Waals surface area contributed by atoms with Gasteiger partial charge >= 0.3 is 5.97 Å². The molecule has 0 fully saturated rings. The summed E-state index contributed by atoms with van der Waals surface area (Å²) in [6.45, 7) is 10.8. The first kappa shape index (κ1) is 18.2. The van der Waals surface area contributed by atoms with Crippen LogP contribution in [-0.2, 0) is 9.53 Å². The highest BCUT2D eigenvalue weighted by Gasteiger charge is 2.05. The Morgan fingerprint density at radius 1 is 1.16 bits per heavy atom. The molecule has 0 N–H and O–H groups in total. The lowest BCUT2D eigenvalue weighted by Gasteiger charge is -2.11. The fourth-order valence-corrected chi connectivity index (χ4v) is 2.00. The van der Waals surface area contributed by atoms with Crippen molar-refractivity contribution in [1.29, 1.82) is 0 Å². The van der Waals surface area contributed by atoms with Crippen molar-refractivity contribution in [2.75, 3.05) is 0 Å². The second kappa shape index (κ2) is 11.1. The van der Waals surface area contributed by atoms with Crippen molar-refractivity contribution in [2.24, 2.45) is 11.8 Å². The molecule has 0 radical (unpaired) electrons. The van der Waals surface area contributed by atoms with E-state index >= 15 is 0 Å². The van der Waals surface area contributed by atoms with Gasteiger partial charge in [0.2, 0.25) is 0 Å². The van der Waals surface area contributed by atoms with Crippen LogP contribution in [0.25, 0.3) is 0 Å². The van der Waals surface area contributed by atoms with Gasteiger partial charge in [0.05, 0.1) is 0 Å². The SMILES string of the molecule is CCCC(=O)OC(C)C=CCC(C)CCCC(C)C. The normalized spacial score (nSPS) is 14.8. The molecule has 0 aromatic heterocycles. The van der Waals surface area contributed by atoms with E-state index in [1.54, 1.807) is 0 Å². The summed E-state index contributed by atoms with van der Waals surface area (Å²) in [5.74, 6) is 1.43. The van der Waals surface area contributed by atoms with Gasteiger partial charge in [-0.05, 0) is 37.7 Å². The second-order valence-corrected chi connectivity index (χ2v) is 6.04. The lowest BCUT2D eigenvalue weighted by Crippen LogP contribution is -2.12. The zero-order valence-electron chi connectivity index (χ0n) is 13.4. The Morgan fingerprint density at radius 3 is 2.42 bits per heavy atom. The molecule has 0 saturated carbocycles. The summed E-state index contributed by atoms with van der Waals surface area (Å²) < 4.78 is 5.26. The maximum atomic E-state index is 11.3. The summed E-state index contributed by atoms with van der Waals surface area (Å²) in [6.07, 6.45) is 10.4. The van der Waals surface area contributed by atoms with Crippen LogP contribution >= 0.6 is 0 Å². The van der Waals surface area contributed by atoms with Crippen molar-refractivity contribution in [3.63, 3.8) is 0 Å². The summed E-state index contributed by atoms with van der Waals surface area (Å²) in [5.41, 5.74) is 0. The predicted octanol–water partition coefficient (Wildman–Crippen LogP) is 5.13. The summed E-state index contributed by atoms with van der Waals surface area (Å²) in [6, 6.07) is 0. The average molecular weight is 268 g/mol. The highest BCUT2D eigenvalue weighted by atomic mass is 16.5.